The van der Waals surface area contributed by atoms with Crippen LogP contribution in [0.25, 0.3) is 0 Å². The molecule has 0 spiro atoms. The zero-order valence-electron chi connectivity index (χ0n) is 10.4. The van der Waals surface area contributed by atoms with E-state index < -0.39 is 4.92 Å². The summed E-state index contributed by atoms with van der Waals surface area (Å²) in [5.41, 5.74) is 0.264. The Kier molecular flexibility index (Phi) is 4.93. The van der Waals surface area contributed by atoms with Crippen molar-refractivity contribution >= 4 is 23.0 Å². The van der Waals surface area contributed by atoms with Crippen molar-refractivity contribution in [1.82, 2.24) is 0 Å². The predicted molar refractivity (Wildman–Crippen MR) is 72.1 cm³/mol. The van der Waals surface area contributed by atoms with Gasteiger partial charge in [0.15, 0.2) is 0 Å². The second-order valence-electron chi connectivity index (χ2n) is 4.91. The molecular formula is C12H17ClN2O3. The van der Waals surface area contributed by atoms with Crippen LogP contribution < -0.4 is 5.32 Å². The third-order valence-electron chi connectivity index (χ3n) is 2.70. The van der Waals surface area contributed by atoms with Crippen molar-refractivity contribution in [2.75, 3.05) is 18.5 Å². The number of aliphatic hydroxyl groups is 1. The number of hydrogen-bond acceptors (Lipinski definition) is 4. The van der Waals surface area contributed by atoms with Crippen LogP contribution in [0.4, 0.5) is 11.4 Å². The lowest BCUT2D eigenvalue weighted by Gasteiger charge is -2.24. The molecule has 0 radical (unpaired) electrons. The van der Waals surface area contributed by atoms with Gasteiger partial charge < -0.3 is 10.4 Å². The molecule has 0 aromatic heterocycles. The van der Waals surface area contributed by atoms with Gasteiger partial charge in [-0.25, -0.2) is 0 Å². The third-order valence-corrected chi connectivity index (χ3v) is 2.94. The Balaban J connectivity index is 2.82. The largest absolute Gasteiger partial charge is 0.396 e. The molecule has 0 saturated carbocycles. The number of nitrogens with one attached hydrogen (secondary N) is 1. The lowest BCUT2D eigenvalue weighted by molar-refractivity contribution is -0.383. The average molecular weight is 273 g/mol. The second kappa shape index (κ2) is 6.02. The van der Waals surface area contributed by atoms with Gasteiger partial charge in [-0.15, -0.1) is 0 Å². The highest BCUT2D eigenvalue weighted by Gasteiger charge is 2.20. The van der Waals surface area contributed by atoms with Gasteiger partial charge in [-0.05, 0) is 24.0 Å². The van der Waals surface area contributed by atoms with E-state index >= 15 is 0 Å². The Hall–Kier alpha value is -1.33. The molecule has 0 atom stereocenters. The standard InChI is InChI=1S/C12H17ClN2O3/c1-12(2,5-6-16)8-14-10-4-3-9(13)7-11(10)15(17)18/h3-4,7,14,16H,5-6,8H2,1-2H3. The van der Waals surface area contributed by atoms with E-state index in [0.29, 0.717) is 23.7 Å². The van der Waals surface area contributed by atoms with E-state index in [9.17, 15) is 10.1 Å². The number of hydrogen-bond donors (Lipinski definition) is 2. The first-order valence-electron chi connectivity index (χ1n) is 5.64. The van der Waals surface area contributed by atoms with Crippen molar-refractivity contribution in [3.05, 3.63) is 33.3 Å². The number of rotatable bonds is 6. The van der Waals surface area contributed by atoms with Gasteiger partial charge in [0.2, 0.25) is 0 Å². The molecule has 0 aliphatic carbocycles. The smallest absolute Gasteiger partial charge is 0.293 e. The maximum atomic E-state index is 10.9. The van der Waals surface area contributed by atoms with Gasteiger partial charge in [-0.1, -0.05) is 25.4 Å². The molecule has 5 nitrogen and oxygen atoms in total. The maximum Gasteiger partial charge on any atom is 0.293 e. The average Bonchev–Trinajstić information content (AvgIpc) is 2.27. The Labute approximate surface area is 111 Å². The first-order valence-corrected chi connectivity index (χ1v) is 6.02. The molecular weight excluding hydrogens is 256 g/mol. The summed E-state index contributed by atoms with van der Waals surface area (Å²) in [6, 6.07) is 4.52. The molecule has 1 aromatic rings. The summed E-state index contributed by atoms with van der Waals surface area (Å²) in [6.07, 6.45) is 0.626. The summed E-state index contributed by atoms with van der Waals surface area (Å²) in [5.74, 6) is 0. The third kappa shape index (κ3) is 4.16. The van der Waals surface area contributed by atoms with Crippen LogP contribution in [-0.4, -0.2) is 23.2 Å². The van der Waals surface area contributed by atoms with E-state index in [1.165, 1.54) is 6.07 Å². The number of anilines is 1. The van der Waals surface area contributed by atoms with Gasteiger partial charge in [-0.3, -0.25) is 10.1 Å². The molecule has 18 heavy (non-hydrogen) atoms. The number of nitro groups is 1. The van der Waals surface area contributed by atoms with Crippen molar-refractivity contribution < 1.29 is 10.0 Å². The van der Waals surface area contributed by atoms with Crippen molar-refractivity contribution in [2.24, 2.45) is 5.41 Å². The predicted octanol–water partition coefficient (Wildman–Crippen LogP) is 3.07. The molecule has 0 amide bonds. The number of nitrogens with zero attached hydrogens (tertiary/aromatic N) is 1. The SMILES string of the molecule is CC(C)(CCO)CNc1ccc(Cl)cc1[N+](=O)[O-]. The number of halogens is 1. The minimum atomic E-state index is -0.465. The molecule has 0 saturated heterocycles. The van der Waals surface area contributed by atoms with E-state index in [1.807, 2.05) is 13.8 Å². The monoisotopic (exact) mass is 272 g/mol. The van der Waals surface area contributed by atoms with E-state index in [1.54, 1.807) is 12.1 Å². The van der Waals surface area contributed by atoms with Gasteiger partial charge in [0, 0.05) is 24.2 Å². The molecule has 0 fully saturated rings. The van der Waals surface area contributed by atoms with Crippen LogP contribution in [0.5, 0.6) is 0 Å². The Morgan fingerprint density at radius 3 is 2.72 bits per heavy atom. The number of nitro benzene ring substituents is 1. The minimum absolute atomic E-state index is 0.0395. The lowest BCUT2D eigenvalue weighted by Crippen LogP contribution is -2.24. The zero-order valence-corrected chi connectivity index (χ0v) is 11.2. The van der Waals surface area contributed by atoms with Crippen LogP contribution in [0.3, 0.4) is 0 Å². The highest BCUT2D eigenvalue weighted by molar-refractivity contribution is 6.30. The lowest BCUT2D eigenvalue weighted by atomic mass is 9.89. The number of aliphatic hydroxyl groups excluding tert-OH is 1. The Morgan fingerprint density at radius 1 is 1.50 bits per heavy atom. The summed E-state index contributed by atoms with van der Waals surface area (Å²) >= 11 is 5.74. The normalized spacial score (nSPS) is 11.3. The topological polar surface area (TPSA) is 75.4 Å². The maximum absolute atomic E-state index is 10.9. The van der Waals surface area contributed by atoms with E-state index in [4.69, 9.17) is 16.7 Å². The summed E-state index contributed by atoms with van der Waals surface area (Å²) < 4.78 is 0. The van der Waals surface area contributed by atoms with E-state index in [0.717, 1.165) is 0 Å². The quantitative estimate of drug-likeness (QED) is 0.616. The summed E-state index contributed by atoms with van der Waals surface area (Å²) in [6.45, 7) is 4.60. The van der Waals surface area contributed by atoms with Crippen LogP contribution in [0.15, 0.2) is 18.2 Å². The fourth-order valence-corrected chi connectivity index (χ4v) is 1.70. The fraction of sp³-hybridized carbons (Fsp3) is 0.500. The first-order chi connectivity index (χ1) is 8.35. The van der Waals surface area contributed by atoms with Crippen molar-refractivity contribution in [2.45, 2.75) is 20.3 Å². The van der Waals surface area contributed by atoms with Gasteiger partial charge in [-0.2, -0.15) is 0 Å². The number of benzene rings is 1. The van der Waals surface area contributed by atoms with Crippen molar-refractivity contribution in [1.29, 1.82) is 0 Å². The molecule has 0 bridgehead atoms. The molecule has 0 aliphatic rings. The molecule has 1 rings (SSSR count). The fourth-order valence-electron chi connectivity index (χ4n) is 1.53. The van der Waals surface area contributed by atoms with Gasteiger partial charge in [0.1, 0.15) is 5.69 Å². The Morgan fingerprint density at radius 2 is 2.17 bits per heavy atom. The van der Waals surface area contributed by atoms with Gasteiger partial charge >= 0.3 is 0 Å². The molecule has 0 heterocycles. The van der Waals surface area contributed by atoms with Crippen LogP contribution in [0.1, 0.15) is 20.3 Å². The highest BCUT2D eigenvalue weighted by Crippen LogP contribution is 2.29. The van der Waals surface area contributed by atoms with Crippen molar-refractivity contribution in [3.8, 4) is 0 Å². The summed E-state index contributed by atoms with van der Waals surface area (Å²) in [5, 5.41) is 23.2. The first kappa shape index (κ1) is 14.7. The molecule has 1 aromatic carbocycles. The summed E-state index contributed by atoms with van der Waals surface area (Å²) in [7, 11) is 0. The molecule has 6 heteroatoms. The molecule has 0 unspecified atom stereocenters. The zero-order chi connectivity index (χ0) is 13.8. The minimum Gasteiger partial charge on any atom is -0.396 e. The van der Waals surface area contributed by atoms with E-state index in [-0.39, 0.29) is 17.7 Å². The second-order valence-corrected chi connectivity index (χ2v) is 5.35. The van der Waals surface area contributed by atoms with Gasteiger partial charge in [0.05, 0.1) is 4.92 Å². The Bertz CT molecular complexity index is 435. The van der Waals surface area contributed by atoms with Crippen LogP contribution in [0, 0.1) is 15.5 Å². The van der Waals surface area contributed by atoms with Crippen molar-refractivity contribution in [3.63, 3.8) is 0 Å². The van der Waals surface area contributed by atoms with Gasteiger partial charge in [0.25, 0.3) is 5.69 Å². The molecule has 100 valence electrons. The van der Waals surface area contributed by atoms with E-state index in [2.05, 4.69) is 5.32 Å². The van der Waals surface area contributed by atoms with Crippen LogP contribution in [-0.2, 0) is 0 Å². The highest BCUT2D eigenvalue weighted by atomic mass is 35.5. The molecule has 0 aliphatic heterocycles. The molecule has 2 N–H and O–H groups in total. The van der Waals surface area contributed by atoms with Crippen LogP contribution >= 0.6 is 11.6 Å². The summed E-state index contributed by atoms with van der Waals surface area (Å²) in [4.78, 5) is 10.4. The van der Waals surface area contributed by atoms with Crippen LogP contribution in [0.2, 0.25) is 5.02 Å².